The molecule has 2 amide bonds. The van der Waals surface area contributed by atoms with Crippen LogP contribution in [0.5, 0.6) is 11.5 Å². The maximum Gasteiger partial charge on any atom is 0.278 e. The molecule has 0 saturated heterocycles. The largest absolute Gasteiger partial charge is 0.493 e. The molecule has 7 heteroatoms. The third kappa shape index (κ3) is 3.73. The number of aryl methyl sites for hydroxylation is 1. The molecule has 0 aliphatic carbocycles. The quantitative estimate of drug-likeness (QED) is 0.561. The van der Waals surface area contributed by atoms with Gasteiger partial charge in [-0.2, -0.15) is 0 Å². The van der Waals surface area contributed by atoms with Gasteiger partial charge in [0.25, 0.3) is 11.8 Å². The van der Waals surface area contributed by atoms with Crippen molar-refractivity contribution in [2.24, 2.45) is 0 Å². The fourth-order valence-electron chi connectivity index (χ4n) is 3.67. The van der Waals surface area contributed by atoms with Crippen molar-refractivity contribution in [2.75, 3.05) is 19.5 Å². The molecule has 7 nitrogen and oxygen atoms in total. The number of ether oxygens (including phenoxy) is 2. The first kappa shape index (κ1) is 21.2. The average molecular weight is 432 g/mol. The van der Waals surface area contributed by atoms with Crippen LogP contribution < -0.4 is 14.8 Å². The van der Waals surface area contributed by atoms with Crippen LogP contribution in [0.3, 0.4) is 0 Å². The van der Waals surface area contributed by atoms with Gasteiger partial charge < -0.3 is 19.2 Å². The van der Waals surface area contributed by atoms with Crippen molar-refractivity contribution >= 4 is 23.1 Å². The number of anilines is 1. The number of methoxy groups -OCH3 is 2. The molecule has 1 aromatic heterocycles. The molecule has 0 radical (unpaired) electrons. The van der Waals surface area contributed by atoms with Crippen molar-refractivity contribution in [3.8, 4) is 11.5 Å². The summed E-state index contributed by atoms with van der Waals surface area (Å²) in [6.07, 6.45) is 1.51. The molecule has 164 valence electrons. The van der Waals surface area contributed by atoms with E-state index >= 15 is 0 Å². The summed E-state index contributed by atoms with van der Waals surface area (Å²) >= 11 is 0. The molecule has 0 saturated carbocycles. The smallest absolute Gasteiger partial charge is 0.278 e. The number of rotatable bonds is 7. The summed E-state index contributed by atoms with van der Waals surface area (Å²) in [5.41, 5.74) is 3.87. The third-order valence-electron chi connectivity index (χ3n) is 5.60. The number of hydrogen-bond donors (Lipinski definition) is 1. The molecule has 3 aromatic rings. The lowest BCUT2D eigenvalue weighted by molar-refractivity contribution is -0.137. The molecule has 0 fully saturated rings. The Morgan fingerprint density at radius 1 is 0.938 bits per heavy atom. The number of nitrogens with zero attached hydrogens (tertiary/aromatic N) is 1. The van der Waals surface area contributed by atoms with Crippen LogP contribution in [-0.2, 0) is 16.1 Å². The molecule has 2 heterocycles. The third-order valence-corrected chi connectivity index (χ3v) is 5.60. The SMILES string of the molecule is COc1ccc(C2=C(Nc3cccc(C)c3C)C(=O)N(Cc3ccco3)C2=O)cc1OC. The minimum Gasteiger partial charge on any atom is -0.493 e. The number of carbonyl (C=O) groups excluding carboxylic acids is 2. The molecule has 32 heavy (non-hydrogen) atoms. The minimum absolute atomic E-state index is 0.0411. The number of furan rings is 1. The number of benzene rings is 2. The van der Waals surface area contributed by atoms with E-state index < -0.39 is 11.8 Å². The lowest BCUT2D eigenvalue weighted by Crippen LogP contribution is -2.31. The molecule has 1 aliphatic rings. The number of carbonyl (C=O) groups is 2. The van der Waals surface area contributed by atoms with Gasteiger partial charge in [-0.15, -0.1) is 0 Å². The fraction of sp³-hybridized carbons (Fsp3) is 0.200. The van der Waals surface area contributed by atoms with Crippen LogP contribution in [0.25, 0.3) is 5.57 Å². The van der Waals surface area contributed by atoms with Gasteiger partial charge in [0.15, 0.2) is 11.5 Å². The molecular weight excluding hydrogens is 408 g/mol. The molecule has 0 bridgehead atoms. The lowest BCUT2D eigenvalue weighted by atomic mass is 10.0. The molecule has 0 unspecified atom stereocenters. The maximum absolute atomic E-state index is 13.4. The Bertz CT molecular complexity index is 1210. The summed E-state index contributed by atoms with van der Waals surface area (Å²) in [4.78, 5) is 28.0. The van der Waals surface area contributed by atoms with Crippen LogP contribution in [-0.4, -0.2) is 30.9 Å². The zero-order valence-electron chi connectivity index (χ0n) is 18.4. The Morgan fingerprint density at radius 2 is 1.72 bits per heavy atom. The second kappa shape index (κ2) is 8.63. The first-order valence-electron chi connectivity index (χ1n) is 10.1. The van der Waals surface area contributed by atoms with E-state index in [4.69, 9.17) is 13.9 Å². The van der Waals surface area contributed by atoms with Crippen molar-refractivity contribution in [2.45, 2.75) is 20.4 Å². The Hall–Kier alpha value is -4.00. The van der Waals surface area contributed by atoms with Crippen molar-refractivity contribution in [1.82, 2.24) is 4.90 Å². The van der Waals surface area contributed by atoms with Gasteiger partial charge in [0.05, 0.1) is 32.6 Å². The molecule has 2 aromatic carbocycles. The Morgan fingerprint density at radius 3 is 2.41 bits per heavy atom. The van der Waals surface area contributed by atoms with Gasteiger partial charge in [-0.1, -0.05) is 18.2 Å². The van der Waals surface area contributed by atoms with Crippen LogP contribution in [0.1, 0.15) is 22.5 Å². The molecule has 1 aliphatic heterocycles. The highest BCUT2D eigenvalue weighted by Crippen LogP contribution is 2.36. The minimum atomic E-state index is -0.419. The predicted molar refractivity (Wildman–Crippen MR) is 120 cm³/mol. The number of nitrogens with one attached hydrogen (secondary N) is 1. The summed E-state index contributed by atoms with van der Waals surface area (Å²) in [6, 6.07) is 14.4. The van der Waals surface area contributed by atoms with Crippen molar-refractivity contribution in [3.63, 3.8) is 0 Å². The highest BCUT2D eigenvalue weighted by atomic mass is 16.5. The molecule has 0 atom stereocenters. The van der Waals surface area contributed by atoms with Crippen LogP contribution in [0.2, 0.25) is 0 Å². The van der Waals surface area contributed by atoms with Gasteiger partial charge >= 0.3 is 0 Å². The van der Waals surface area contributed by atoms with Crippen LogP contribution >= 0.6 is 0 Å². The van der Waals surface area contributed by atoms with Crippen LogP contribution in [0.4, 0.5) is 5.69 Å². The zero-order valence-corrected chi connectivity index (χ0v) is 18.4. The first-order chi connectivity index (χ1) is 15.4. The van der Waals surface area contributed by atoms with Gasteiger partial charge in [-0.25, -0.2) is 0 Å². The summed E-state index contributed by atoms with van der Waals surface area (Å²) in [5, 5.41) is 3.22. The molecule has 4 rings (SSSR count). The number of amides is 2. The zero-order chi connectivity index (χ0) is 22.8. The Balaban J connectivity index is 1.82. The average Bonchev–Trinajstić information content (AvgIpc) is 3.39. The van der Waals surface area contributed by atoms with Crippen molar-refractivity contribution < 1.29 is 23.5 Å². The summed E-state index contributed by atoms with van der Waals surface area (Å²) in [7, 11) is 3.07. The topological polar surface area (TPSA) is 81.0 Å². The van der Waals surface area contributed by atoms with E-state index in [1.807, 2.05) is 32.0 Å². The molecular formula is C25H24N2O5. The Kier molecular flexibility index (Phi) is 5.73. The van der Waals surface area contributed by atoms with E-state index in [-0.39, 0.29) is 17.8 Å². The normalized spacial score (nSPS) is 13.7. The highest BCUT2D eigenvalue weighted by molar-refractivity contribution is 6.36. The van der Waals surface area contributed by atoms with Gasteiger partial charge in [0, 0.05) is 5.69 Å². The van der Waals surface area contributed by atoms with E-state index in [0.29, 0.717) is 22.8 Å². The summed E-state index contributed by atoms with van der Waals surface area (Å²) in [5.74, 6) is 0.688. The van der Waals surface area contributed by atoms with Crippen molar-refractivity contribution in [1.29, 1.82) is 0 Å². The van der Waals surface area contributed by atoms with Gasteiger partial charge in [0.2, 0.25) is 0 Å². The predicted octanol–water partition coefficient (Wildman–Crippen LogP) is 4.31. The first-order valence-corrected chi connectivity index (χ1v) is 10.1. The molecule has 0 spiro atoms. The number of imide groups is 1. The van der Waals surface area contributed by atoms with Gasteiger partial charge in [-0.3, -0.25) is 14.5 Å². The number of hydrogen-bond acceptors (Lipinski definition) is 6. The van der Waals surface area contributed by atoms with E-state index in [1.54, 1.807) is 37.4 Å². The van der Waals surface area contributed by atoms with E-state index in [9.17, 15) is 9.59 Å². The van der Waals surface area contributed by atoms with Gasteiger partial charge in [-0.05, 0) is 60.9 Å². The summed E-state index contributed by atoms with van der Waals surface area (Å²) in [6.45, 7) is 4.00. The van der Waals surface area contributed by atoms with Crippen LogP contribution in [0, 0.1) is 13.8 Å². The van der Waals surface area contributed by atoms with Crippen LogP contribution in [0.15, 0.2) is 64.9 Å². The summed E-state index contributed by atoms with van der Waals surface area (Å²) < 4.78 is 16.1. The Labute approximate surface area is 186 Å². The van der Waals surface area contributed by atoms with E-state index in [0.717, 1.165) is 16.8 Å². The lowest BCUT2D eigenvalue weighted by Gasteiger charge is -2.15. The second-order valence-electron chi connectivity index (χ2n) is 7.47. The standard InChI is InChI=1S/C25H24N2O5/c1-15-7-5-9-19(16(15)2)26-23-22(17-10-11-20(30-3)21(13-17)31-4)24(28)27(25(23)29)14-18-8-6-12-32-18/h5-13,26H,14H2,1-4H3. The molecule has 1 N–H and O–H groups in total. The highest BCUT2D eigenvalue weighted by Gasteiger charge is 2.40. The fourth-order valence-corrected chi connectivity index (χ4v) is 3.67. The van der Waals surface area contributed by atoms with E-state index in [2.05, 4.69) is 5.32 Å². The monoisotopic (exact) mass is 432 g/mol. The van der Waals surface area contributed by atoms with Gasteiger partial charge in [0.1, 0.15) is 11.5 Å². The maximum atomic E-state index is 13.4. The van der Waals surface area contributed by atoms with E-state index in [1.165, 1.54) is 18.3 Å². The second-order valence-corrected chi connectivity index (χ2v) is 7.47. The van der Waals surface area contributed by atoms with Crippen molar-refractivity contribution in [3.05, 3.63) is 82.9 Å².